The van der Waals surface area contributed by atoms with Gasteiger partial charge in [-0.05, 0) is 47.1 Å². The molecular weight excluding hydrogens is 282 g/mol. The number of halogens is 1. The maximum absolute atomic E-state index is 5.78. The summed E-state index contributed by atoms with van der Waals surface area (Å²) < 4.78 is 11.9. The quantitative estimate of drug-likeness (QED) is 0.907. The maximum atomic E-state index is 5.78. The van der Waals surface area contributed by atoms with E-state index in [-0.39, 0.29) is 6.10 Å². The standard InChI is InChI=1S/C13H18BrNO2/c1-3-15-9(2)10-4-5-13(12(14)6-10)17-11-7-16-8-11/h4-6,9,11,15H,3,7-8H2,1-2H3. The number of nitrogens with one attached hydrogen (secondary N) is 1. The maximum Gasteiger partial charge on any atom is 0.145 e. The highest BCUT2D eigenvalue weighted by atomic mass is 79.9. The highest BCUT2D eigenvalue weighted by Gasteiger charge is 2.21. The third-order valence-electron chi connectivity index (χ3n) is 2.87. The molecule has 0 bridgehead atoms. The van der Waals surface area contributed by atoms with E-state index in [4.69, 9.17) is 9.47 Å². The molecule has 0 spiro atoms. The first kappa shape index (κ1) is 12.9. The van der Waals surface area contributed by atoms with E-state index in [1.165, 1.54) is 5.56 Å². The molecule has 1 atom stereocenters. The number of benzene rings is 1. The van der Waals surface area contributed by atoms with Gasteiger partial charge in [-0.25, -0.2) is 0 Å². The van der Waals surface area contributed by atoms with Crippen LogP contribution in [0.2, 0.25) is 0 Å². The van der Waals surface area contributed by atoms with Crippen molar-refractivity contribution in [3.63, 3.8) is 0 Å². The van der Waals surface area contributed by atoms with Crippen LogP contribution in [-0.4, -0.2) is 25.9 Å². The molecular formula is C13H18BrNO2. The van der Waals surface area contributed by atoms with Gasteiger partial charge in [-0.1, -0.05) is 13.0 Å². The van der Waals surface area contributed by atoms with Gasteiger partial charge in [0.1, 0.15) is 11.9 Å². The first-order valence-electron chi connectivity index (χ1n) is 5.98. The minimum atomic E-state index is 0.211. The fraction of sp³-hybridized carbons (Fsp3) is 0.538. The lowest BCUT2D eigenvalue weighted by molar-refractivity contribution is -0.0799. The van der Waals surface area contributed by atoms with Crippen LogP contribution in [0.15, 0.2) is 22.7 Å². The van der Waals surface area contributed by atoms with Crippen molar-refractivity contribution in [2.75, 3.05) is 19.8 Å². The van der Waals surface area contributed by atoms with Gasteiger partial charge < -0.3 is 14.8 Å². The Morgan fingerprint density at radius 1 is 1.53 bits per heavy atom. The molecule has 0 aromatic heterocycles. The first-order chi connectivity index (χ1) is 8.20. The van der Waals surface area contributed by atoms with E-state index < -0.39 is 0 Å². The van der Waals surface area contributed by atoms with Crippen molar-refractivity contribution in [2.45, 2.75) is 26.0 Å². The number of ether oxygens (including phenoxy) is 2. The molecule has 4 heteroatoms. The molecule has 1 aliphatic heterocycles. The van der Waals surface area contributed by atoms with Gasteiger partial charge in [-0.15, -0.1) is 0 Å². The van der Waals surface area contributed by atoms with Gasteiger partial charge >= 0.3 is 0 Å². The van der Waals surface area contributed by atoms with E-state index in [2.05, 4.69) is 47.2 Å². The summed E-state index contributed by atoms with van der Waals surface area (Å²) in [5.74, 6) is 0.894. The predicted molar refractivity (Wildman–Crippen MR) is 71.5 cm³/mol. The van der Waals surface area contributed by atoms with Crippen LogP contribution < -0.4 is 10.1 Å². The summed E-state index contributed by atoms with van der Waals surface area (Å²) in [5, 5.41) is 3.39. The van der Waals surface area contributed by atoms with Gasteiger partial charge in [0, 0.05) is 6.04 Å². The van der Waals surface area contributed by atoms with Crippen LogP contribution in [0.1, 0.15) is 25.5 Å². The fourth-order valence-corrected chi connectivity index (χ4v) is 2.26. The van der Waals surface area contributed by atoms with Crippen molar-refractivity contribution in [3.05, 3.63) is 28.2 Å². The molecule has 1 heterocycles. The summed E-state index contributed by atoms with van der Waals surface area (Å²) >= 11 is 3.55. The van der Waals surface area contributed by atoms with E-state index in [0.717, 1.165) is 16.8 Å². The van der Waals surface area contributed by atoms with Gasteiger partial charge in [0.05, 0.1) is 17.7 Å². The lowest BCUT2D eigenvalue weighted by atomic mass is 10.1. The Morgan fingerprint density at radius 2 is 2.29 bits per heavy atom. The summed E-state index contributed by atoms with van der Waals surface area (Å²) in [7, 11) is 0. The zero-order valence-electron chi connectivity index (χ0n) is 10.2. The summed E-state index contributed by atoms with van der Waals surface area (Å²) in [6, 6.07) is 6.60. The second-order valence-electron chi connectivity index (χ2n) is 4.25. The van der Waals surface area contributed by atoms with Crippen molar-refractivity contribution in [3.8, 4) is 5.75 Å². The van der Waals surface area contributed by atoms with Crippen LogP contribution in [0, 0.1) is 0 Å². The summed E-state index contributed by atoms with van der Waals surface area (Å²) in [5.41, 5.74) is 1.26. The second-order valence-corrected chi connectivity index (χ2v) is 5.10. The topological polar surface area (TPSA) is 30.5 Å². The molecule has 17 heavy (non-hydrogen) atoms. The van der Waals surface area contributed by atoms with E-state index in [0.29, 0.717) is 19.3 Å². The van der Waals surface area contributed by atoms with Crippen LogP contribution in [0.25, 0.3) is 0 Å². The highest BCUT2D eigenvalue weighted by Crippen LogP contribution is 2.29. The second kappa shape index (κ2) is 5.85. The zero-order chi connectivity index (χ0) is 12.3. The molecule has 3 nitrogen and oxygen atoms in total. The van der Waals surface area contributed by atoms with E-state index in [9.17, 15) is 0 Å². The van der Waals surface area contributed by atoms with Crippen molar-refractivity contribution in [2.24, 2.45) is 0 Å². The van der Waals surface area contributed by atoms with Crippen LogP contribution in [0.4, 0.5) is 0 Å². The number of hydrogen-bond acceptors (Lipinski definition) is 3. The fourth-order valence-electron chi connectivity index (χ4n) is 1.77. The van der Waals surface area contributed by atoms with Crippen molar-refractivity contribution in [1.82, 2.24) is 5.32 Å². The molecule has 1 aromatic rings. The van der Waals surface area contributed by atoms with E-state index in [1.54, 1.807) is 0 Å². The molecule has 94 valence electrons. The SMILES string of the molecule is CCNC(C)c1ccc(OC2COC2)c(Br)c1. The summed E-state index contributed by atoms with van der Waals surface area (Å²) in [4.78, 5) is 0. The summed E-state index contributed by atoms with van der Waals surface area (Å²) in [6.45, 7) is 6.63. The molecule has 1 saturated heterocycles. The van der Waals surface area contributed by atoms with Gasteiger partial charge in [-0.2, -0.15) is 0 Å². The van der Waals surface area contributed by atoms with Crippen molar-refractivity contribution < 1.29 is 9.47 Å². The molecule has 0 saturated carbocycles. The third kappa shape index (κ3) is 3.21. The minimum absolute atomic E-state index is 0.211. The Hall–Kier alpha value is -0.580. The molecule has 1 fully saturated rings. The van der Waals surface area contributed by atoms with E-state index >= 15 is 0 Å². The Kier molecular flexibility index (Phi) is 4.42. The van der Waals surface area contributed by atoms with Gasteiger partial charge in [0.25, 0.3) is 0 Å². The molecule has 0 aliphatic carbocycles. The average Bonchev–Trinajstić information content (AvgIpc) is 2.25. The molecule has 1 unspecified atom stereocenters. The highest BCUT2D eigenvalue weighted by molar-refractivity contribution is 9.10. The Labute approximate surface area is 111 Å². The van der Waals surface area contributed by atoms with Crippen LogP contribution in [0.3, 0.4) is 0 Å². The Morgan fingerprint density at radius 3 is 2.82 bits per heavy atom. The molecule has 1 N–H and O–H groups in total. The molecule has 2 rings (SSSR count). The smallest absolute Gasteiger partial charge is 0.145 e. The van der Waals surface area contributed by atoms with Crippen LogP contribution in [-0.2, 0) is 4.74 Å². The third-order valence-corrected chi connectivity index (χ3v) is 3.49. The minimum Gasteiger partial charge on any atom is -0.484 e. The van der Waals surface area contributed by atoms with Gasteiger partial charge in [0.2, 0.25) is 0 Å². The lowest BCUT2D eigenvalue weighted by Gasteiger charge is -2.27. The average molecular weight is 300 g/mol. The molecule has 1 aliphatic rings. The summed E-state index contributed by atoms with van der Waals surface area (Å²) in [6.07, 6.45) is 0.211. The normalized spacial score (nSPS) is 17.6. The largest absolute Gasteiger partial charge is 0.484 e. The Balaban J connectivity index is 2.04. The van der Waals surface area contributed by atoms with Crippen molar-refractivity contribution in [1.29, 1.82) is 0 Å². The zero-order valence-corrected chi connectivity index (χ0v) is 11.8. The van der Waals surface area contributed by atoms with Gasteiger partial charge in [-0.3, -0.25) is 0 Å². The molecule has 0 radical (unpaired) electrons. The molecule has 1 aromatic carbocycles. The van der Waals surface area contributed by atoms with Crippen molar-refractivity contribution >= 4 is 15.9 Å². The number of rotatable bonds is 5. The van der Waals surface area contributed by atoms with Crippen LogP contribution in [0.5, 0.6) is 5.75 Å². The Bertz CT molecular complexity index is 380. The lowest BCUT2D eigenvalue weighted by Crippen LogP contribution is -2.38. The first-order valence-corrected chi connectivity index (χ1v) is 6.77. The van der Waals surface area contributed by atoms with Crippen LogP contribution >= 0.6 is 15.9 Å². The predicted octanol–water partition coefficient (Wildman–Crippen LogP) is 2.90. The van der Waals surface area contributed by atoms with E-state index in [1.807, 2.05) is 6.07 Å². The monoisotopic (exact) mass is 299 g/mol. The van der Waals surface area contributed by atoms with Gasteiger partial charge in [0.15, 0.2) is 0 Å². The molecule has 0 amide bonds. The number of hydrogen-bond donors (Lipinski definition) is 1.